The van der Waals surface area contributed by atoms with Crippen LogP contribution in [0, 0.1) is 0 Å². The summed E-state index contributed by atoms with van der Waals surface area (Å²) in [5, 5.41) is 3.70. The van der Waals surface area contributed by atoms with Crippen molar-refractivity contribution in [3.8, 4) is 0 Å². The Balaban J connectivity index is 2.31. The first-order chi connectivity index (χ1) is 10.2. The second kappa shape index (κ2) is 7.60. The van der Waals surface area contributed by atoms with Crippen LogP contribution in [0.3, 0.4) is 0 Å². The number of amides is 1. The third-order valence-corrected chi connectivity index (χ3v) is 3.52. The highest BCUT2D eigenvalue weighted by atomic mass is 35.5. The van der Waals surface area contributed by atoms with Crippen LogP contribution in [-0.4, -0.2) is 17.0 Å². The van der Waals surface area contributed by atoms with E-state index in [0.717, 1.165) is 11.1 Å². The average molecular weight is 301 g/mol. The number of carbonyl (C=O) groups is 1. The second-order valence-electron chi connectivity index (χ2n) is 4.54. The van der Waals surface area contributed by atoms with Gasteiger partial charge in [0.15, 0.2) is 0 Å². The van der Waals surface area contributed by atoms with Gasteiger partial charge in [-0.15, -0.1) is 11.6 Å². The molecule has 2 aromatic carbocycles. The summed E-state index contributed by atoms with van der Waals surface area (Å²) in [6, 6.07) is 19.4. The molecule has 108 valence electrons. The summed E-state index contributed by atoms with van der Waals surface area (Å²) in [6.07, 6.45) is 0.564. The van der Waals surface area contributed by atoms with Gasteiger partial charge in [0.25, 0.3) is 5.91 Å². The summed E-state index contributed by atoms with van der Waals surface area (Å²) in [5.74, 6) is -0.288. The molecule has 0 radical (unpaired) electrons. The molecular weight excluding hydrogens is 284 g/mol. The normalized spacial score (nSPS) is 11.5. The maximum atomic E-state index is 11.8. The molecule has 21 heavy (non-hydrogen) atoms. The Morgan fingerprint density at radius 2 is 1.52 bits per heavy atom. The number of hydrogen-bond donors (Lipinski definition) is 1. The first-order valence-electron chi connectivity index (χ1n) is 6.84. The SMILES string of the molecule is CCC(Cl)C(=O)NN=C(c1ccccc1)c1ccccc1. The zero-order valence-corrected chi connectivity index (χ0v) is 12.5. The van der Waals surface area contributed by atoms with Crippen molar-refractivity contribution in [3.63, 3.8) is 0 Å². The van der Waals surface area contributed by atoms with Crippen molar-refractivity contribution in [2.45, 2.75) is 18.7 Å². The summed E-state index contributed by atoms with van der Waals surface area (Å²) < 4.78 is 0. The van der Waals surface area contributed by atoms with Gasteiger partial charge in [-0.1, -0.05) is 67.6 Å². The van der Waals surface area contributed by atoms with Crippen LogP contribution in [0.15, 0.2) is 65.8 Å². The Labute approximate surface area is 129 Å². The third-order valence-electron chi connectivity index (χ3n) is 3.02. The number of halogens is 1. The maximum Gasteiger partial charge on any atom is 0.258 e. The standard InChI is InChI=1S/C17H17ClN2O/c1-2-15(18)17(21)20-19-16(13-9-5-3-6-10-13)14-11-7-4-8-12-14/h3-12,15H,2H2,1H3,(H,20,21). The number of hydrogen-bond acceptors (Lipinski definition) is 2. The van der Waals surface area contributed by atoms with Crippen molar-refractivity contribution in [1.82, 2.24) is 5.43 Å². The number of carbonyl (C=O) groups excluding carboxylic acids is 1. The highest BCUT2D eigenvalue weighted by Crippen LogP contribution is 2.10. The van der Waals surface area contributed by atoms with E-state index in [0.29, 0.717) is 12.1 Å². The summed E-state index contributed by atoms with van der Waals surface area (Å²) >= 11 is 5.91. The summed E-state index contributed by atoms with van der Waals surface area (Å²) in [6.45, 7) is 1.86. The van der Waals surface area contributed by atoms with Gasteiger partial charge in [-0.25, -0.2) is 5.43 Å². The molecule has 0 aliphatic rings. The molecule has 1 atom stereocenters. The van der Waals surface area contributed by atoms with E-state index in [4.69, 9.17) is 11.6 Å². The zero-order valence-electron chi connectivity index (χ0n) is 11.8. The fourth-order valence-electron chi connectivity index (χ4n) is 1.85. The van der Waals surface area contributed by atoms with Crippen molar-refractivity contribution >= 4 is 23.2 Å². The molecule has 0 aromatic heterocycles. The van der Waals surface area contributed by atoms with Crippen LogP contribution in [0.25, 0.3) is 0 Å². The highest BCUT2D eigenvalue weighted by molar-refractivity contribution is 6.30. The molecule has 0 bridgehead atoms. The Morgan fingerprint density at radius 1 is 1.05 bits per heavy atom. The number of rotatable bonds is 5. The lowest BCUT2D eigenvalue weighted by molar-refractivity contribution is -0.120. The van der Waals surface area contributed by atoms with E-state index in [2.05, 4.69) is 10.5 Å². The van der Waals surface area contributed by atoms with Gasteiger partial charge < -0.3 is 0 Å². The van der Waals surface area contributed by atoms with E-state index < -0.39 is 5.38 Å². The van der Waals surface area contributed by atoms with Crippen LogP contribution < -0.4 is 5.43 Å². The van der Waals surface area contributed by atoms with Gasteiger partial charge in [0.05, 0.1) is 5.71 Å². The van der Waals surface area contributed by atoms with Crippen molar-refractivity contribution in [3.05, 3.63) is 71.8 Å². The molecule has 0 spiro atoms. The fourth-order valence-corrected chi connectivity index (χ4v) is 1.90. The minimum Gasteiger partial charge on any atom is -0.271 e. The minimum absolute atomic E-state index is 0.288. The van der Waals surface area contributed by atoms with Crippen molar-refractivity contribution in [2.24, 2.45) is 5.10 Å². The van der Waals surface area contributed by atoms with Gasteiger partial charge in [-0.3, -0.25) is 4.79 Å². The van der Waals surface area contributed by atoms with Gasteiger partial charge in [-0.05, 0) is 6.42 Å². The molecule has 0 aliphatic heterocycles. The lowest BCUT2D eigenvalue weighted by atomic mass is 10.0. The van der Waals surface area contributed by atoms with E-state index in [1.165, 1.54) is 0 Å². The molecular formula is C17H17ClN2O. The number of nitrogens with zero attached hydrogens (tertiary/aromatic N) is 1. The molecule has 2 aromatic rings. The first kappa shape index (κ1) is 15.3. The smallest absolute Gasteiger partial charge is 0.258 e. The summed E-state index contributed by atoms with van der Waals surface area (Å²) in [5.41, 5.74) is 5.13. The number of hydrazone groups is 1. The van der Waals surface area contributed by atoms with E-state index in [-0.39, 0.29) is 5.91 Å². The number of nitrogens with one attached hydrogen (secondary N) is 1. The van der Waals surface area contributed by atoms with Gasteiger partial charge >= 0.3 is 0 Å². The zero-order chi connectivity index (χ0) is 15.1. The molecule has 2 rings (SSSR count). The quantitative estimate of drug-likeness (QED) is 0.512. The maximum absolute atomic E-state index is 11.8. The van der Waals surface area contributed by atoms with Gasteiger partial charge in [0.2, 0.25) is 0 Å². The molecule has 0 saturated carbocycles. The largest absolute Gasteiger partial charge is 0.271 e. The number of benzene rings is 2. The van der Waals surface area contributed by atoms with Crippen molar-refractivity contribution in [2.75, 3.05) is 0 Å². The van der Waals surface area contributed by atoms with Gasteiger partial charge in [-0.2, -0.15) is 5.10 Å². The topological polar surface area (TPSA) is 41.5 Å². The molecule has 1 amide bonds. The molecule has 1 N–H and O–H groups in total. The van der Waals surface area contributed by atoms with Crippen LogP contribution in [0.2, 0.25) is 0 Å². The third kappa shape index (κ3) is 4.17. The van der Waals surface area contributed by atoms with Gasteiger partial charge in [0, 0.05) is 11.1 Å². The highest BCUT2D eigenvalue weighted by Gasteiger charge is 2.13. The van der Waals surface area contributed by atoms with Gasteiger partial charge in [0.1, 0.15) is 5.38 Å². The Kier molecular flexibility index (Phi) is 5.52. The van der Waals surface area contributed by atoms with Crippen molar-refractivity contribution < 1.29 is 4.79 Å². The van der Waals surface area contributed by atoms with Crippen LogP contribution in [-0.2, 0) is 4.79 Å². The predicted octanol–water partition coefficient (Wildman–Crippen LogP) is 3.57. The molecule has 0 heterocycles. The summed E-state index contributed by atoms with van der Waals surface area (Å²) in [4.78, 5) is 11.8. The van der Waals surface area contributed by atoms with E-state index in [1.54, 1.807) is 0 Å². The minimum atomic E-state index is -0.568. The molecule has 1 unspecified atom stereocenters. The molecule has 0 saturated heterocycles. The van der Waals surface area contributed by atoms with Crippen molar-refractivity contribution in [1.29, 1.82) is 0 Å². The monoisotopic (exact) mass is 300 g/mol. The molecule has 3 nitrogen and oxygen atoms in total. The lowest BCUT2D eigenvalue weighted by Gasteiger charge is -2.09. The van der Waals surface area contributed by atoms with Crippen LogP contribution >= 0.6 is 11.6 Å². The Morgan fingerprint density at radius 3 is 1.95 bits per heavy atom. The van der Waals surface area contributed by atoms with Crippen LogP contribution in [0.1, 0.15) is 24.5 Å². The lowest BCUT2D eigenvalue weighted by Crippen LogP contribution is -2.28. The van der Waals surface area contributed by atoms with E-state index >= 15 is 0 Å². The Hall–Kier alpha value is -2.13. The summed E-state index contributed by atoms with van der Waals surface area (Å²) in [7, 11) is 0. The van der Waals surface area contributed by atoms with E-state index in [1.807, 2.05) is 67.6 Å². The second-order valence-corrected chi connectivity index (χ2v) is 5.07. The molecule has 4 heteroatoms. The fraction of sp³-hybridized carbons (Fsp3) is 0.176. The van der Waals surface area contributed by atoms with Crippen LogP contribution in [0.5, 0.6) is 0 Å². The first-order valence-corrected chi connectivity index (χ1v) is 7.28. The van der Waals surface area contributed by atoms with E-state index in [9.17, 15) is 4.79 Å². The number of alkyl halides is 1. The molecule has 0 aliphatic carbocycles. The average Bonchev–Trinajstić information content (AvgIpc) is 2.56. The predicted molar refractivity (Wildman–Crippen MR) is 86.6 cm³/mol. The molecule has 0 fully saturated rings. The Bertz CT molecular complexity index is 570. The van der Waals surface area contributed by atoms with Crippen LogP contribution in [0.4, 0.5) is 0 Å².